The number of rotatable bonds is 4. The molecule has 1 unspecified atom stereocenters. The molecule has 1 fully saturated rings. The molecular weight excluding hydrogens is 212 g/mol. The third-order valence-electron chi connectivity index (χ3n) is 3.04. The number of nitrogens with two attached hydrogens (primary N) is 1. The van der Waals surface area contributed by atoms with Crippen LogP contribution in [0.2, 0.25) is 0 Å². The average molecular weight is 230 g/mol. The van der Waals surface area contributed by atoms with E-state index in [2.05, 4.69) is 0 Å². The van der Waals surface area contributed by atoms with Crippen molar-refractivity contribution >= 4 is 23.2 Å². The molecule has 0 amide bonds. The smallest absolute Gasteiger partial charge is 0.320 e. The van der Waals surface area contributed by atoms with Crippen molar-refractivity contribution in [3.63, 3.8) is 0 Å². The predicted molar refractivity (Wildman–Crippen MR) is 62.8 cm³/mol. The van der Waals surface area contributed by atoms with Gasteiger partial charge in [-0.05, 0) is 32.4 Å². The maximum atomic E-state index is 11.0. The van der Waals surface area contributed by atoms with E-state index >= 15 is 0 Å². The molecule has 1 heterocycles. The number of likely N-dealkylation sites (tertiary alicyclic amines) is 1. The lowest BCUT2D eigenvalue weighted by molar-refractivity contribution is -0.143. The van der Waals surface area contributed by atoms with Gasteiger partial charge in [0.2, 0.25) is 0 Å². The molecule has 0 aromatic heterocycles. The van der Waals surface area contributed by atoms with E-state index in [1.54, 1.807) is 0 Å². The summed E-state index contributed by atoms with van der Waals surface area (Å²) >= 11 is 4.94. The Kier molecular flexibility index (Phi) is 4.47. The van der Waals surface area contributed by atoms with Crippen molar-refractivity contribution < 1.29 is 9.90 Å². The van der Waals surface area contributed by atoms with Gasteiger partial charge in [-0.15, -0.1) is 0 Å². The molecule has 1 aliphatic rings. The first kappa shape index (κ1) is 12.4. The highest BCUT2D eigenvalue weighted by Crippen LogP contribution is 2.20. The molecule has 1 saturated heterocycles. The van der Waals surface area contributed by atoms with Crippen LogP contribution in [0.3, 0.4) is 0 Å². The van der Waals surface area contributed by atoms with E-state index < -0.39 is 5.97 Å². The number of hydrogen-bond acceptors (Lipinski definition) is 3. The lowest BCUT2D eigenvalue weighted by Gasteiger charge is -2.34. The van der Waals surface area contributed by atoms with E-state index in [9.17, 15) is 4.79 Å². The van der Waals surface area contributed by atoms with Crippen molar-refractivity contribution in [2.75, 3.05) is 13.1 Å². The molecule has 15 heavy (non-hydrogen) atoms. The monoisotopic (exact) mass is 230 g/mol. The Morgan fingerprint density at radius 1 is 1.60 bits per heavy atom. The molecule has 4 nitrogen and oxygen atoms in total. The fourth-order valence-corrected chi connectivity index (χ4v) is 2.32. The second kappa shape index (κ2) is 5.42. The van der Waals surface area contributed by atoms with Gasteiger partial charge in [0.05, 0.1) is 4.99 Å². The van der Waals surface area contributed by atoms with E-state index in [4.69, 9.17) is 23.1 Å². The summed E-state index contributed by atoms with van der Waals surface area (Å²) in [6, 6.07) is -0.350. The lowest BCUT2D eigenvalue weighted by Crippen LogP contribution is -2.46. The summed E-state index contributed by atoms with van der Waals surface area (Å²) < 4.78 is 0. The van der Waals surface area contributed by atoms with Crippen molar-refractivity contribution in [1.82, 2.24) is 4.90 Å². The Morgan fingerprint density at radius 3 is 2.47 bits per heavy atom. The van der Waals surface area contributed by atoms with Crippen LogP contribution in [0.25, 0.3) is 0 Å². The topological polar surface area (TPSA) is 66.6 Å². The van der Waals surface area contributed by atoms with Crippen molar-refractivity contribution in [2.45, 2.75) is 32.2 Å². The molecule has 1 rings (SSSR count). The second-order valence-corrected chi connectivity index (χ2v) is 4.45. The number of nitrogens with zero attached hydrogens (tertiary/aromatic N) is 1. The maximum absolute atomic E-state index is 11.0. The standard InChI is InChI=1S/C10H18N2O2S/c1-2-8(10(13)14)12-5-3-7(4-6-12)9(11)15/h7-8H,2-6H2,1H3,(H2,11,15)(H,13,14). The number of thiocarbonyl (C=S) groups is 1. The van der Waals surface area contributed by atoms with Crippen molar-refractivity contribution in [3.05, 3.63) is 0 Å². The molecule has 0 aliphatic carbocycles. The Bertz CT molecular complexity index is 250. The highest BCUT2D eigenvalue weighted by Gasteiger charge is 2.28. The molecule has 0 radical (unpaired) electrons. The minimum atomic E-state index is -0.730. The quantitative estimate of drug-likeness (QED) is 0.701. The van der Waals surface area contributed by atoms with E-state index in [0.29, 0.717) is 17.3 Å². The van der Waals surface area contributed by atoms with E-state index in [1.807, 2.05) is 11.8 Å². The van der Waals surface area contributed by atoms with Gasteiger partial charge in [-0.1, -0.05) is 19.1 Å². The molecule has 0 aromatic rings. The predicted octanol–water partition coefficient (Wildman–Crippen LogP) is 0.848. The van der Waals surface area contributed by atoms with Crippen LogP contribution >= 0.6 is 12.2 Å². The molecular formula is C10H18N2O2S. The van der Waals surface area contributed by atoms with Crippen LogP contribution in [0.5, 0.6) is 0 Å². The Balaban J connectivity index is 2.49. The summed E-state index contributed by atoms with van der Waals surface area (Å²) in [7, 11) is 0. The van der Waals surface area contributed by atoms with Gasteiger partial charge in [-0.2, -0.15) is 0 Å². The molecule has 1 aliphatic heterocycles. The van der Waals surface area contributed by atoms with Crippen LogP contribution in [0.15, 0.2) is 0 Å². The van der Waals surface area contributed by atoms with Crippen LogP contribution in [0.1, 0.15) is 26.2 Å². The normalized spacial score (nSPS) is 21.1. The summed E-state index contributed by atoms with van der Waals surface area (Å²) in [5.41, 5.74) is 5.58. The van der Waals surface area contributed by atoms with Gasteiger partial charge in [0.25, 0.3) is 0 Å². The molecule has 0 bridgehead atoms. The number of aliphatic carboxylic acids is 1. The highest BCUT2D eigenvalue weighted by molar-refractivity contribution is 7.80. The van der Waals surface area contributed by atoms with Gasteiger partial charge in [-0.25, -0.2) is 0 Å². The van der Waals surface area contributed by atoms with Crippen LogP contribution < -0.4 is 5.73 Å². The molecule has 5 heteroatoms. The van der Waals surface area contributed by atoms with Gasteiger partial charge in [-0.3, -0.25) is 9.69 Å². The number of carboxylic acids is 1. The Labute approximate surface area is 95.4 Å². The molecule has 0 aromatic carbocycles. The fourth-order valence-electron chi connectivity index (χ4n) is 2.08. The number of hydrogen-bond donors (Lipinski definition) is 2. The van der Waals surface area contributed by atoms with Gasteiger partial charge >= 0.3 is 5.97 Å². The molecule has 0 saturated carbocycles. The van der Waals surface area contributed by atoms with Crippen LogP contribution in [-0.2, 0) is 4.79 Å². The van der Waals surface area contributed by atoms with E-state index in [1.165, 1.54) is 0 Å². The van der Waals surface area contributed by atoms with Crippen molar-refractivity contribution in [2.24, 2.45) is 11.7 Å². The summed E-state index contributed by atoms with van der Waals surface area (Å²) in [5, 5.41) is 9.01. The van der Waals surface area contributed by atoms with Crippen molar-refractivity contribution in [3.8, 4) is 0 Å². The first-order valence-electron chi connectivity index (χ1n) is 5.32. The largest absolute Gasteiger partial charge is 0.480 e. The zero-order valence-corrected chi connectivity index (χ0v) is 9.80. The summed E-state index contributed by atoms with van der Waals surface area (Å²) in [6.45, 7) is 3.47. The Morgan fingerprint density at radius 2 is 2.13 bits per heavy atom. The van der Waals surface area contributed by atoms with Crippen LogP contribution in [-0.4, -0.2) is 40.1 Å². The second-order valence-electron chi connectivity index (χ2n) is 3.97. The molecule has 0 spiro atoms. The van der Waals surface area contributed by atoms with Gasteiger partial charge in [0.15, 0.2) is 0 Å². The summed E-state index contributed by atoms with van der Waals surface area (Å²) in [6.07, 6.45) is 2.42. The van der Waals surface area contributed by atoms with Crippen molar-refractivity contribution in [1.29, 1.82) is 0 Å². The molecule has 86 valence electrons. The first-order chi connectivity index (χ1) is 7.06. The number of piperidine rings is 1. The summed E-state index contributed by atoms with van der Waals surface area (Å²) in [4.78, 5) is 13.5. The Hall–Kier alpha value is -0.680. The molecule has 1 atom stereocenters. The third-order valence-corrected chi connectivity index (χ3v) is 3.38. The number of carbonyl (C=O) groups is 1. The SMILES string of the molecule is CCC(C(=O)O)N1CCC(C(N)=S)CC1. The zero-order chi connectivity index (χ0) is 11.4. The third kappa shape index (κ3) is 3.14. The van der Waals surface area contributed by atoms with Crippen LogP contribution in [0, 0.1) is 5.92 Å². The highest BCUT2D eigenvalue weighted by atomic mass is 32.1. The first-order valence-corrected chi connectivity index (χ1v) is 5.73. The lowest BCUT2D eigenvalue weighted by atomic mass is 9.95. The minimum absolute atomic E-state index is 0.294. The zero-order valence-electron chi connectivity index (χ0n) is 8.98. The maximum Gasteiger partial charge on any atom is 0.320 e. The molecule has 3 N–H and O–H groups in total. The van der Waals surface area contributed by atoms with E-state index in [0.717, 1.165) is 25.9 Å². The van der Waals surface area contributed by atoms with E-state index in [-0.39, 0.29) is 6.04 Å². The minimum Gasteiger partial charge on any atom is -0.480 e. The van der Waals surface area contributed by atoms with Gasteiger partial charge in [0, 0.05) is 5.92 Å². The number of carboxylic acid groups (broad SMARTS) is 1. The summed E-state index contributed by atoms with van der Waals surface area (Å²) in [5.74, 6) is -0.436. The average Bonchev–Trinajstić information content (AvgIpc) is 2.19. The van der Waals surface area contributed by atoms with Gasteiger partial charge < -0.3 is 10.8 Å². The fraction of sp³-hybridized carbons (Fsp3) is 0.800. The van der Waals surface area contributed by atoms with Gasteiger partial charge in [0.1, 0.15) is 6.04 Å². The van der Waals surface area contributed by atoms with Crippen LogP contribution in [0.4, 0.5) is 0 Å².